The zero-order chi connectivity index (χ0) is 10.7. The van der Waals surface area contributed by atoms with Gasteiger partial charge in [-0.1, -0.05) is 11.6 Å². The lowest BCUT2D eigenvalue weighted by molar-refractivity contribution is 0.0993. The summed E-state index contributed by atoms with van der Waals surface area (Å²) in [4.78, 5) is 11.1. The highest BCUT2D eigenvalue weighted by Crippen LogP contribution is 2.20. The largest absolute Gasteiger partial charge is 0.293 e. The Labute approximate surface area is 83.7 Å². The van der Waals surface area contributed by atoms with Gasteiger partial charge in [0.15, 0.2) is 5.78 Å². The van der Waals surface area contributed by atoms with E-state index in [1.54, 1.807) is 6.07 Å². The van der Waals surface area contributed by atoms with Crippen LogP contribution in [0, 0.1) is 23.0 Å². The van der Waals surface area contributed by atoms with Gasteiger partial charge in [-0.3, -0.25) is 4.79 Å². The fourth-order valence-electron chi connectivity index (χ4n) is 0.903. The number of rotatable bonds is 2. The minimum Gasteiger partial charge on any atom is -0.293 e. The maximum Gasteiger partial charge on any atom is 0.179 e. The van der Waals surface area contributed by atoms with Crippen LogP contribution in [-0.4, -0.2) is 5.78 Å². The van der Waals surface area contributed by atoms with Crippen molar-refractivity contribution in [1.29, 1.82) is 5.26 Å². The molecule has 0 aliphatic carbocycles. The van der Waals surface area contributed by atoms with Crippen molar-refractivity contribution >= 4 is 17.4 Å². The lowest BCUT2D eigenvalue weighted by Gasteiger charge is -2.00. The quantitative estimate of drug-likeness (QED) is 0.562. The van der Waals surface area contributed by atoms with Gasteiger partial charge in [0.05, 0.1) is 23.1 Å². The molecule has 0 heterocycles. The Hall–Kier alpha value is -1.47. The van der Waals surface area contributed by atoms with Crippen LogP contribution in [-0.2, 0) is 0 Å². The summed E-state index contributed by atoms with van der Waals surface area (Å²) in [6.07, 6.45) is -0.488. The van der Waals surface area contributed by atoms with Gasteiger partial charge in [-0.2, -0.15) is 5.26 Å². The van der Waals surface area contributed by atoms with E-state index in [9.17, 15) is 13.6 Å². The van der Waals surface area contributed by atoms with Crippen molar-refractivity contribution in [1.82, 2.24) is 0 Å². The molecule has 0 fully saturated rings. The van der Waals surface area contributed by atoms with Gasteiger partial charge in [-0.15, -0.1) is 0 Å². The Morgan fingerprint density at radius 2 is 2.07 bits per heavy atom. The summed E-state index contributed by atoms with van der Waals surface area (Å²) >= 11 is 5.28. The van der Waals surface area contributed by atoms with Crippen molar-refractivity contribution in [2.75, 3.05) is 0 Å². The van der Waals surface area contributed by atoms with Gasteiger partial charge in [-0.25, -0.2) is 8.78 Å². The number of nitrogens with zero attached hydrogens (tertiary/aromatic N) is 1. The van der Waals surface area contributed by atoms with E-state index in [-0.39, 0.29) is 0 Å². The predicted molar refractivity (Wildman–Crippen MR) is 45.9 cm³/mol. The molecule has 0 radical (unpaired) electrons. The molecule has 0 amide bonds. The van der Waals surface area contributed by atoms with Crippen LogP contribution in [0.1, 0.15) is 16.8 Å². The van der Waals surface area contributed by atoms with Crippen molar-refractivity contribution in [3.8, 4) is 6.07 Å². The highest BCUT2D eigenvalue weighted by molar-refractivity contribution is 6.30. The Kier molecular flexibility index (Phi) is 3.15. The number of nitriles is 1. The van der Waals surface area contributed by atoms with Crippen LogP contribution < -0.4 is 0 Å². The Bertz CT molecular complexity index is 426. The molecule has 1 aromatic rings. The van der Waals surface area contributed by atoms with Gasteiger partial charge in [0.2, 0.25) is 0 Å². The molecule has 0 aromatic heterocycles. The molecule has 72 valence electrons. The third-order valence-electron chi connectivity index (χ3n) is 1.55. The Morgan fingerprint density at radius 3 is 2.64 bits per heavy atom. The third kappa shape index (κ3) is 2.06. The van der Waals surface area contributed by atoms with E-state index in [2.05, 4.69) is 0 Å². The molecule has 0 unspecified atom stereocenters. The molecule has 14 heavy (non-hydrogen) atoms. The van der Waals surface area contributed by atoms with Crippen LogP contribution in [0.25, 0.3) is 0 Å². The summed E-state index contributed by atoms with van der Waals surface area (Å²) in [7, 11) is 0. The monoisotopic (exact) mass is 215 g/mol. The van der Waals surface area contributed by atoms with Crippen molar-refractivity contribution in [3.63, 3.8) is 0 Å². The number of benzene rings is 1. The first-order valence-electron chi connectivity index (χ1n) is 3.61. The maximum absolute atomic E-state index is 13.0. The number of carbonyl (C=O) groups is 1. The molecule has 0 bridgehead atoms. The normalized spacial score (nSPS) is 9.57. The molecule has 0 saturated carbocycles. The fourth-order valence-corrected chi connectivity index (χ4v) is 1.05. The highest BCUT2D eigenvalue weighted by atomic mass is 35.5. The zero-order valence-corrected chi connectivity index (χ0v) is 7.61. The van der Waals surface area contributed by atoms with Crippen molar-refractivity contribution in [2.45, 2.75) is 6.42 Å². The molecule has 0 N–H and O–H groups in total. The first-order chi connectivity index (χ1) is 6.56. The molecule has 0 spiro atoms. The van der Waals surface area contributed by atoms with E-state index < -0.39 is 34.4 Å². The number of ketones is 1. The standard InChI is InChI=1S/C9H4ClF2NO/c10-6-4-7(11)5(3-8(6)12)9(14)1-2-13/h3-4H,1H2. The molecule has 0 saturated heterocycles. The molecular formula is C9H4ClF2NO. The van der Waals surface area contributed by atoms with Gasteiger partial charge in [0, 0.05) is 0 Å². The SMILES string of the molecule is N#CCC(=O)c1cc(F)c(Cl)cc1F. The number of carbonyl (C=O) groups excluding carboxylic acids is 1. The molecule has 0 aliphatic heterocycles. The van der Waals surface area contributed by atoms with Crippen molar-refractivity contribution in [3.05, 3.63) is 34.4 Å². The van der Waals surface area contributed by atoms with Gasteiger partial charge >= 0.3 is 0 Å². The Balaban J connectivity index is 3.17. The molecule has 0 atom stereocenters. The zero-order valence-electron chi connectivity index (χ0n) is 6.85. The summed E-state index contributed by atoms with van der Waals surface area (Å²) in [6, 6.07) is 2.96. The predicted octanol–water partition coefficient (Wildman–Crippen LogP) is 2.71. The van der Waals surface area contributed by atoms with Crippen molar-refractivity contribution in [2.24, 2.45) is 0 Å². The fraction of sp³-hybridized carbons (Fsp3) is 0.111. The van der Waals surface area contributed by atoms with Crippen LogP contribution in [0.15, 0.2) is 12.1 Å². The second kappa shape index (κ2) is 4.16. The smallest absolute Gasteiger partial charge is 0.179 e. The van der Waals surface area contributed by atoms with Gasteiger partial charge < -0.3 is 0 Å². The van der Waals surface area contributed by atoms with Gasteiger partial charge in [0.25, 0.3) is 0 Å². The third-order valence-corrected chi connectivity index (χ3v) is 1.84. The first-order valence-corrected chi connectivity index (χ1v) is 3.98. The van der Waals surface area contributed by atoms with E-state index in [1.165, 1.54) is 0 Å². The van der Waals surface area contributed by atoms with E-state index in [4.69, 9.17) is 16.9 Å². The van der Waals surface area contributed by atoms with Crippen LogP contribution in [0.4, 0.5) is 8.78 Å². The lowest BCUT2D eigenvalue weighted by Crippen LogP contribution is -2.02. The lowest BCUT2D eigenvalue weighted by atomic mass is 10.1. The van der Waals surface area contributed by atoms with Crippen LogP contribution in [0.3, 0.4) is 0 Å². The van der Waals surface area contributed by atoms with Crippen LogP contribution in [0.2, 0.25) is 5.02 Å². The number of halogens is 3. The summed E-state index contributed by atoms with van der Waals surface area (Å²) in [6.45, 7) is 0. The average molecular weight is 216 g/mol. The average Bonchev–Trinajstić information content (AvgIpc) is 2.11. The van der Waals surface area contributed by atoms with E-state index >= 15 is 0 Å². The Morgan fingerprint density at radius 1 is 1.43 bits per heavy atom. The van der Waals surface area contributed by atoms with Gasteiger partial charge in [0.1, 0.15) is 11.6 Å². The molecule has 1 aromatic carbocycles. The number of hydrogen-bond acceptors (Lipinski definition) is 2. The van der Waals surface area contributed by atoms with Crippen molar-refractivity contribution < 1.29 is 13.6 Å². The first kappa shape index (κ1) is 10.6. The second-order valence-electron chi connectivity index (χ2n) is 2.50. The number of hydrogen-bond donors (Lipinski definition) is 0. The molecule has 5 heteroatoms. The topological polar surface area (TPSA) is 40.9 Å². The molecular weight excluding hydrogens is 212 g/mol. The van der Waals surface area contributed by atoms with Crippen LogP contribution >= 0.6 is 11.6 Å². The summed E-state index contributed by atoms with van der Waals surface area (Å²) in [5.41, 5.74) is -0.451. The van der Waals surface area contributed by atoms with E-state index in [0.29, 0.717) is 12.1 Å². The van der Waals surface area contributed by atoms with E-state index in [0.717, 1.165) is 0 Å². The van der Waals surface area contributed by atoms with E-state index in [1.807, 2.05) is 0 Å². The minimum atomic E-state index is -0.920. The molecule has 1 rings (SSSR count). The second-order valence-corrected chi connectivity index (χ2v) is 2.91. The van der Waals surface area contributed by atoms with Gasteiger partial charge in [-0.05, 0) is 12.1 Å². The summed E-state index contributed by atoms with van der Waals surface area (Å²) in [5.74, 6) is -2.56. The number of Topliss-reactive ketones (excluding diaryl/α,β-unsaturated/α-hetero) is 1. The molecule has 2 nitrogen and oxygen atoms in total. The molecule has 0 aliphatic rings. The van der Waals surface area contributed by atoms with Crippen LogP contribution in [0.5, 0.6) is 0 Å². The summed E-state index contributed by atoms with van der Waals surface area (Å²) < 4.78 is 25.8. The minimum absolute atomic E-state index is 0.393. The highest BCUT2D eigenvalue weighted by Gasteiger charge is 2.14. The maximum atomic E-state index is 13.0. The summed E-state index contributed by atoms with van der Waals surface area (Å²) in [5, 5.41) is 7.81.